The quantitative estimate of drug-likeness (QED) is 0.726. The third-order valence-corrected chi connectivity index (χ3v) is 4.76. The zero-order valence-corrected chi connectivity index (χ0v) is 15.0. The third-order valence-electron chi connectivity index (χ3n) is 4.76. The monoisotopic (exact) mass is 362 g/mol. The van der Waals surface area contributed by atoms with Gasteiger partial charge in [0.25, 0.3) is 5.91 Å². The smallest absolute Gasteiger partial charge is 0.271 e. The predicted octanol–water partition coefficient (Wildman–Crippen LogP) is 2.05. The molecule has 7 heteroatoms. The van der Waals surface area contributed by atoms with E-state index in [4.69, 9.17) is 0 Å². The molecule has 4 rings (SSSR count). The average molecular weight is 362 g/mol. The molecule has 0 radical (unpaired) electrons. The molecule has 138 valence electrons. The summed E-state index contributed by atoms with van der Waals surface area (Å²) in [5, 5.41) is 7.42. The summed E-state index contributed by atoms with van der Waals surface area (Å²) in [6.07, 6.45) is 7.22. The number of aromatic nitrogens is 4. The first kappa shape index (κ1) is 17.4. The molecule has 1 aliphatic rings. The SMILES string of the molecule is O=C(NCC[C@@H]1CN(Cc2ccccc2)Cc2ccnn21)c1cnccn1. The van der Waals surface area contributed by atoms with Crippen LogP contribution in [0, 0.1) is 0 Å². The largest absolute Gasteiger partial charge is 0.351 e. The van der Waals surface area contributed by atoms with E-state index in [1.165, 1.54) is 23.7 Å². The van der Waals surface area contributed by atoms with Gasteiger partial charge in [0, 0.05) is 44.8 Å². The summed E-state index contributed by atoms with van der Waals surface area (Å²) in [4.78, 5) is 22.5. The summed E-state index contributed by atoms with van der Waals surface area (Å²) in [7, 11) is 0. The fourth-order valence-electron chi connectivity index (χ4n) is 3.50. The number of rotatable bonds is 6. The van der Waals surface area contributed by atoms with Crippen molar-refractivity contribution in [3.8, 4) is 0 Å². The van der Waals surface area contributed by atoms with Crippen LogP contribution in [0.25, 0.3) is 0 Å². The van der Waals surface area contributed by atoms with E-state index < -0.39 is 0 Å². The number of benzene rings is 1. The van der Waals surface area contributed by atoms with Gasteiger partial charge in [0.1, 0.15) is 5.69 Å². The number of carbonyl (C=O) groups is 1. The summed E-state index contributed by atoms with van der Waals surface area (Å²) < 4.78 is 2.09. The van der Waals surface area contributed by atoms with Crippen LogP contribution in [0.2, 0.25) is 0 Å². The van der Waals surface area contributed by atoms with E-state index >= 15 is 0 Å². The van der Waals surface area contributed by atoms with E-state index in [1.54, 1.807) is 6.20 Å². The van der Waals surface area contributed by atoms with Crippen molar-refractivity contribution in [3.05, 3.63) is 78.1 Å². The Bertz CT molecular complexity index is 880. The Balaban J connectivity index is 1.37. The number of nitrogens with one attached hydrogen (secondary N) is 1. The standard InChI is InChI=1S/C20H22N6O/c27-20(19-12-21-10-11-22-19)23-8-6-17-14-25(13-16-4-2-1-3-5-16)15-18-7-9-24-26(17)18/h1-5,7,9-12,17H,6,8,13-15H2,(H,23,27)/t17-/m1/s1. The molecule has 1 aromatic carbocycles. The van der Waals surface area contributed by atoms with Crippen LogP contribution in [0.4, 0.5) is 0 Å². The zero-order chi connectivity index (χ0) is 18.5. The second-order valence-corrected chi connectivity index (χ2v) is 6.71. The summed E-state index contributed by atoms with van der Waals surface area (Å²) in [6, 6.07) is 12.8. The van der Waals surface area contributed by atoms with E-state index in [9.17, 15) is 4.79 Å². The van der Waals surface area contributed by atoms with Gasteiger partial charge in [0.2, 0.25) is 0 Å². The molecule has 0 unspecified atom stereocenters. The molecule has 0 bridgehead atoms. The number of carbonyl (C=O) groups excluding carboxylic acids is 1. The topological polar surface area (TPSA) is 75.9 Å². The number of nitrogens with zero attached hydrogens (tertiary/aromatic N) is 5. The molecule has 2 aromatic heterocycles. The molecule has 0 fully saturated rings. The van der Waals surface area contributed by atoms with Crippen molar-refractivity contribution in [1.29, 1.82) is 0 Å². The fraction of sp³-hybridized carbons (Fsp3) is 0.300. The van der Waals surface area contributed by atoms with Crippen molar-refractivity contribution in [2.24, 2.45) is 0 Å². The van der Waals surface area contributed by atoms with Crippen molar-refractivity contribution in [2.45, 2.75) is 25.6 Å². The minimum Gasteiger partial charge on any atom is -0.351 e. The van der Waals surface area contributed by atoms with Crippen LogP contribution < -0.4 is 5.32 Å². The molecule has 0 aliphatic carbocycles. The van der Waals surface area contributed by atoms with E-state index in [-0.39, 0.29) is 11.9 Å². The normalized spacial score (nSPS) is 16.7. The van der Waals surface area contributed by atoms with Crippen LogP contribution >= 0.6 is 0 Å². The molecule has 1 atom stereocenters. The van der Waals surface area contributed by atoms with Gasteiger partial charge in [-0.1, -0.05) is 30.3 Å². The zero-order valence-electron chi connectivity index (χ0n) is 15.0. The minimum absolute atomic E-state index is 0.194. The maximum Gasteiger partial charge on any atom is 0.271 e. The molecule has 0 saturated heterocycles. The third kappa shape index (κ3) is 4.20. The van der Waals surface area contributed by atoms with Crippen molar-refractivity contribution < 1.29 is 4.79 Å². The van der Waals surface area contributed by atoms with Crippen LogP contribution in [-0.2, 0) is 13.1 Å². The summed E-state index contributed by atoms with van der Waals surface area (Å²) in [6.45, 7) is 3.27. The first-order valence-electron chi connectivity index (χ1n) is 9.12. The molecular formula is C20H22N6O. The maximum atomic E-state index is 12.1. The Morgan fingerprint density at radius 3 is 2.85 bits per heavy atom. The molecule has 3 aromatic rings. The van der Waals surface area contributed by atoms with Crippen LogP contribution in [0.5, 0.6) is 0 Å². The first-order chi connectivity index (χ1) is 13.3. The highest BCUT2D eigenvalue weighted by Gasteiger charge is 2.25. The van der Waals surface area contributed by atoms with Crippen molar-refractivity contribution in [1.82, 2.24) is 30.0 Å². The van der Waals surface area contributed by atoms with Gasteiger partial charge in [0.05, 0.1) is 17.9 Å². The van der Waals surface area contributed by atoms with E-state index in [2.05, 4.69) is 60.3 Å². The highest BCUT2D eigenvalue weighted by Crippen LogP contribution is 2.24. The van der Waals surface area contributed by atoms with Crippen LogP contribution in [0.1, 0.15) is 34.2 Å². The Labute approximate surface area is 158 Å². The fourth-order valence-corrected chi connectivity index (χ4v) is 3.50. The number of fused-ring (bicyclic) bond motifs is 1. The van der Waals surface area contributed by atoms with Crippen molar-refractivity contribution in [2.75, 3.05) is 13.1 Å². The molecule has 7 nitrogen and oxygen atoms in total. The van der Waals surface area contributed by atoms with Gasteiger partial charge in [-0.2, -0.15) is 5.10 Å². The second-order valence-electron chi connectivity index (χ2n) is 6.71. The summed E-state index contributed by atoms with van der Waals surface area (Å²) in [5.74, 6) is -0.194. The van der Waals surface area contributed by atoms with Gasteiger partial charge in [-0.15, -0.1) is 0 Å². The van der Waals surface area contributed by atoms with E-state index in [1.807, 2.05) is 12.3 Å². The predicted molar refractivity (Wildman–Crippen MR) is 101 cm³/mol. The molecule has 1 amide bonds. The van der Waals surface area contributed by atoms with Crippen molar-refractivity contribution >= 4 is 5.91 Å². The Morgan fingerprint density at radius 2 is 2.04 bits per heavy atom. The van der Waals surface area contributed by atoms with E-state index in [0.29, 0.717) is 12.2 Å². The maximum absolute atomic E-state index is 12.1. The van der Waals surface area contributed by atoms with Crippen LogP contribution in [-0.4, -0.2) is 43.6 Å². The highest BCUT2D eigenvalue weighted by molar-refractivity contribution is 5.91. The molecule has 3 heterocycles. The molecule has 0 saturated carbocycles. The molecule has 1 N–H and O–H groups in total. The summed E-state index contributed by atoms with van der Waals surface area (Å²) in [5.41, 5.74) is 2.86. The first-order valence-corrected chi connectivity index (χ1v) is 9.12. The minimum atomic E-state index is -0.194. The van der Waals surface area contributed by atoms with Gasteiger partial charge < -0.3 is 5.32 Å². The van der Waals surface area contributed by atoms with Gasteiger partial charge >= 0.3 is 0 Å². The lowest BCUT2D eigenvalue weighted by Crippen LogP contribution is -2.39. The Morgan fingerprint density at radius 1 is 1.15 bits per heavy atom. The van der Waals surface area contributed by atoms with Gasteiger partial charge in [-0.3, -0.25) is 19.4 Å². The Kier molecular flexibility index (Phi) is 5.20. The number of hydrogen-bond donors (Lipinski definition) is 1. The van der Waals surface area contributed by atoms with E-state index in [0.717, 1.165) is 26.1 Å². The lowest BCUT2D eigenvalue weighted by Gasteiger charge is -2.34. The molecule has 0 spiro atoms. The summed E-state index contributed by atoms with van der Waals surface area (Å²) >= 11 is 0. The Hall–Kier alpha value is -3.06. The molecule has 27 heavy (non-hydrogen) atoms. The number of hydrogen-bond acceptors (Lipinski definition) is 5. The highest BCUT2D eigenvalue weighted by atomic mass is 16.1. The van der Waals surface area contributed by atoms with Crippen LogP contribution in [0.3, 0.4) is 0 Å². The van der Waals surface area contributed by atoms with Gasteiger partial charge in [0.15, 0.2) is 0 Å². The lowest BCUT2D eigenvalue weighted by atomic mass is 10.1. The second kappa shape index (κ2) is 8.09. The molecule has 1 aliphatic heterocycles. The van der Waals surface area contributed by atoms with Gasteiger partial charge in [-0.25, -0.2) is 4.98 Å². The van der Waals surface area contributed by atoms with Crippen molar-refractivity contribution in [3.63, 3.8) is 0 Å². The lowest BCUT2D eigenvalue weighted by molar-refractivity contribution is 0.0941. The molecular weight excluding hydrogens is 340 g/mol. The van der Waals surface area contributed by atoms with Crippen LogP contribution in [0.15, 0.2) is 61.2 Å². The van der Waals surface area contributed by atoms with Gasteiger partial charge in [-0.05, 0) is 18.1 Å². The number of amides is 1. The average Bonchev–Trinajstić information content (AvgIpc) is 3.18.